The third kappa shape index (κ3) is 3.18. The predicted octanol–water partition coefficient (Wildman–Crippen LogP) is 3.22. The highest BCUT2D eigenvalue weighted by Crippen LogP contribution is 2.26. The fourth-order valence-electron chi connectivity index (χ4n) is 1.63. The number of nitro benzene ring substituents is 1. The maximum absolute atomic E-state index is 12.0. The monoisotopic (exact) mass is 287 g/mol. The molecular formula is C13H9N3O5. The molecule has 0 atom stereocenters. The molecular weight excluding hydrogens is 278 g/mol. The van der Waals surface area contributed by atoms with Crippen molar-refractivity contribution in [2.24, 2.45) is 5.11 Å². The molecule has 2 aromatic rings. The Morgan fingerprint density at radius 1 is 1.10 bits per heavy atom. The fourth-order valence-corrected chi connectivity index (χ4v) is 1.63. The fraction of sp³-hybridized carbons (Fsp3) is 0. The van der Waals surface area contributed by atoms with Gasteiger partial charge in [0.2, 0.25) is 0 Å². The molecule has 8 nitrogen and oxygen atoms in total. The minimum Gasteiger partial charge on any atom is -0.594 e. The number of non-ortho nitro benzene ring substituents is 1. The van der Waals surface area contributed by atoms with Gasteiger partial charge in [-0.15, -0.1) is 0 Å². The number of aromatic carboxylic acids is 1. The Kier molecular flexibility index (Phi) is 3.89. The third-order valence-electron chi connectivity index (χ3n) is 2.59. The van der Waals surface area contributed by atoms with Crippen molar-refractivity contribution in [2.75, 3.05) is 0 Å². The molecule has 0 bridgehead atoms. The summed E-state index contributed by atoms with van der Waals surface area (Å²) in [5, 5.41) is 35.4. The predicted molar refractivity (Wildman–Crippen MR) is 71.9 cm³/mol. The summed E-state index contributed by atoms with van der Waals surface area (Å²) in [6.45, 7) is 0. The zero-order valence-electron chi connectivity index (χ0n) is 10.5. The molecule has 0 heterocycles. The van der Waals surface area contributed by atoms with Crippen molar-refractivity contribution in [2.45, 2.75) is 0 Å². The van der Waals surface area contributed by atoms with Gasteiger partial charge >= 0.3 is 5.97 Å². The van der Waals surface area contributed by atoms with E-state index in [9.17, 15) is 20.1 Å². The molecule has 0 unspecified atom stereocenters. The average molecular weight is 287 g/mol. The van der Waals surface area contributed by atoms with E-state index in [1.807, 2.05) is 0 Å². The summed E-state index contributed by atoms with van der Waals surface area (Å²) in [6.07, 6.45) is 0. The highest BCUT2D eigenvalue weighted by atomic mass is 16.6. The zero-order valence-corrected chi connectivity index (χ0v) is 10.5. The number of nitro groups is 1. The van der Waals surface area contributed by atoms with Crippen LogP contribution in [0.4, 0.5) is 17.1 Å². The molecule has 2 rings (SSSR count). The SMILES string of the molecule is O=C(O)c1ccc([N+](=O)[O-])cc1[N+]([O-])=Nc1ccccc1. The van der Waals surface area contributed by atoms with Gasteiger partial charge in [-0.05, 0) is 23.1 Å². The smallest absolute Gasteiger partial charge is 0.342 e. The van der Waals surface area contributed by atoms with Crippen LogP contribution in [0, 0.1) is 15.3 Å². The summed E-state index contributed by atoms with van der Waals surface area (Å²) in [4.78, 5) is 21.1. The van der Waals surface area contributed by atoms with Gasteiger partial charge in [-0.1, -0.05) is 18.2 Å². The lowest BCUT2D eigenvalue weighted by Crippen LogP contribution is -2.04. The summed E-state index contributed by atoms with van der Waals surface area (Å²) in [5.41, 5.74) is -0.856. The Bertz CT molecular complexity index is 728. The molecule has 0 aliphatic rings. The number of carbonyl (C=O) groups is 1. The van der Waals surface area contributed by atoms with E-state index < -0.39 is 16.6 Å². The number of rotatable bonds is 4. The summed E-state index contributed by atoms with van der Waals surface area (Å²) in [5.74, 6) is -1.37. The quantitative estimate of drug-likeness (QED) is 0.400. The number of nitrogens with zero attached hydrogens (tertiary/aromatic N) is 3. The van der Waals surface area contributed by atoms with E-state index in [2.05, 4.69) is 5.11 Å². The van der Waals surface area contributed by atoms with Gasteiger partial charge in [0.05, 0.1) is 11.0 Å². The van der Waals surface area contributed by atoms with Crippen molar-refractivity contribution in [3.05, 3.63) is 69.4 Å². The van der Waals surface area contributed by atoms with Crippen molar-refractivity contribution < 1.29 is 19.7 Å². The van der Waals surface area contributed by atoms with E-state index in [-0.39, 0.29) is 16.1 Å². The molecule has 21 heavy (non-hydrogen) atoms. The van der Waals surface area contributed by atoms with E-state index in [0.29, 0.717) is 5.69 Å². The van der Waals surface area contributed by atoms with Gasteiger partial charge in [0.25, 0.3) is 11.4 Å². The summed E-state index contributed by atoms with van der Waals surface area (Å²) in [7, 11) is 0. The molecule has 0 spiro atoms. The first-order valence-corrected chi connectivity index (χ1v) is 5.74. The van der Waals surface area contributed by atoms with Crippen molar-refractivity contribution in [1.29, 1.82) is 0 Å². The molecule has 2 aromatic carbocycles. The number of hydrogen-bond acceptors (Lipinski definition) is 5. The van der Waals surface area contributed by atoms with Crippen LogP contribution in [0.3, 0.4) is 0 Å². The van der Waals surface area contributed by atoms with Gasteiger partial charge in [-0.2, -0.15) is 0 Å². The normalized spacial score (nSPS) is 11.1. The van der Waals surface area contributed by atoms with E-state index in [4.69, 9.17) is 5.11 Å². The lowest BCUT2D eigenvalue weighted by molar-refractivity contribution is -0.437. The number of carboxylic acid groups (broad SMARTS) is 1. The lowest BCUT2D eigenvalue weighted by Gasteiger charge is -2.03. The molecule has 1 N–H and O–H groups in total. The average Bonchev–Trinajstić information content (AvgIpc) is 2.47. The first-order chi connectivity index (χ1) is 9.99. The summed E-state index contributed by atoms with van der Waals surface area (Å²) >= 11 is 0. The second-order valence-electron chi connectivity index (χ2n) is 3.97. The second kappa shape index (κ2) is 5.78. The Morgan fingerprint density at radius 3 is 2.33 bits per heavy atom. The first-order valence-electron chi connectivity index (χ1n) is 5.74. The van der Waals surface area contributed by atoms with Gasteiger partial charge in [0.1, 0.15) is 11.3 Å². The van der Waals surface area contributed by atoms with Crippen LogP contribution in [0.15, 0.2) is 53.6 Å². The van der Waals surface area contributed by atoms with Gasteiger partial charge in [0, 0.05) is 11.2 Å². The Labute approximate surface area is 118 Å². The topological polar surface area (TPSA) is 119 Å². The largest absolute Gasteiger partial charge is 0.594 e. The van der Waals surface area contributed by atoms with Crippen molar-refractivity contribution in [3.63, 3.8) is 0 Å². The molecule has 0 saturated carbocycles. The molecule has 0 amide bonds. The maximum Gasteiger partial charge on any atom is 0.342 e. The molecule has 0 aliphatic heterocycles. The number of carboxylic acids is 1. The van der Waals surface area contributed by atoms with Crippen molar-refractivity contribution in [1.82, 2.24) is 0 Å². The van der Waals surface area contributed by atoms with Crippen LogP contribution < -0.4 is 0 Å². The molecule has 0 radical (unpaired) electrons. The number of hydrogen-bond donors (Lipinski definition) is 1. The Hall–Kier alpha value is -3.29. The first kappa shape index (κ1) is 14.1. The van der Waals surface area contributed by atoms with Crippen LogP contribution in [-0.2, 0) is 0 Å². The third-order valence-corrected chi connectivity index (χ3v) is 2.59. The maximum atomic E-state index is 12.0. The van der Waals surface area contributed by atoms with Crippen molar-refractivity contribution >= 4 is 23.0 Å². The standard InChI is InChI=1S/C13H9N3O5/c17-13(18)11-7-6-10(16(20)21)8-12(11)15(19)14-9-4-2-1-3-5-9/h1-8H,(H,17,18). The number of azo groups is 1. The summed E-state index contributed by atoms with van der Waals surface area (Å²) < 4.78 is 0. The highest BCUT2D eigenvalue weighted by Gasteiger charge is 2.22. The van der Waals surface area contributed by atoms with Gasteiger partial charge in [0.15, 0.2) is 0 Å². The zero-order chi connectivity index (χ0) is 15.4. The van der Waals surface area contributed by atoms with Gasteiger partial charge in [-0.25, -0.2) is 4.79 Å². The van der Waals surface area contributed by atoms with Crippen molar-refractivity contribution in [3.8, 4) is 0 Å². The van der Waals surface area contributed by atoms with Crippen LogP contribution in [0.5, 0.6) is 0 Å². The Balaban J connectivity index is 2.54. The molecule has 106 valence electrons. The Morgan fingerprint density at radius 2 is 1.76 bits per heavy atom. The van der Waals surface area contributed by atoms with Crippen LogP contribution >= 0.6 is 0 Å². The molecule has 0 aromatic heterocycles. The van der Waals surface area contributed by atoms with E-state index in [1.165, 1.54) is 0 Å². The molecule has 0 aliphatic carbocycles. The van der Waals surface area contributed by atoms with Crippen LogP contribution in [0.2, 0.25) is 0 Å². The molecule has 0 saturated heterocycles. The molecule has 8 heteroatoms. The van der Waals surface area contributed by atoms with Crippen LogP contribution in [0.1, 0.15) is 10.4 Å². The van der Waals surface area contributed by atoms with Crippen LogP contribution in [0.25, 0.3) is 0 Å². The second-order valence-corrected chi connectivity index (χ2v) is 3.97. The van der Waals surface area contributed by atoms with Gasteiger partial charge in [-0.3, -0.25) is 10.1 Å². The molecule has 0 fully saturated rings. The number of benzene rings is 2. The lowest BCUT2D eigenvalue weighted by atomic mass is 10.1. The van der Waals surface area contributed by atoms with E-state index in [1.54, 1.807) is 30.3 Å². The van der Waals surface area contributed by atoms with Gasteiger partial charge < -0.3 is 10.3 Å². The minimum atomic E-state index is -1.37. The van der Waals surface area contributed by atoms with E-state index >= 15 is 0 Å². The minimum absolute atomic E-state index is 0.0613. The van der Waals surface area contributed by atoms with E-state index in [0.717, 1.165) is 18.2 Å². The summed E-state index contributed by atoms with van der Waals surface area (Å²) in [6, 6.07) is 11.0. The highest BCUT2D eigenvalue weighted by molar-refractivity contribution is 5.92. The van der Waals surface area contributed by atoms with Crippen LogP contribution in [-0.4, -0.2) is 20.9 Å².